The van der Waals surface area contributed by atoms with Gasteiger partial charge in [-0.05, 0) is 54.0 Å². The molecule has 0 bridgehead atoms. The lowest BCUT2D eigenvalue weighted by molar-refractivity contribution is -0.130. The molecule has 4 rings (SSSR count). The molecule has 0 saturated carbocycles. The number of rotatable bonds is 5. The monoisotopic (exact) mass is 405 g/mol. The lowest BCUT2D eigenvalue weighted by Gasteiger charge is -2.40. The summed E-state index contributed by atoms with van der Waals surface area (Å²) in [4.78, 5) is 32.5. The summed E-state index contributed by atoms with van der Waals surface area (Å²) in [5, 5.41) is 2.06. The average Bonchev–Trinajstić information content (AvgIpc) is 3.29. The number of hydrogen-bond acceptors (Lipinski definition) is 4. The first-order valence-electron chi connectivity index (χ1n) is 9.70. The lowest BCUT2D eigenvalue weighted by atomic mass is 9.74. The van der Waals surface area contributed by atoms with Gasteiger partial charge < -0.3 is 10.6 Å². The highest BCUT2D eigenvalue weighted by molar-refractivity contribution is 7.13. The van der Waals surface area contributed by atoms with Crippen molar-refractivity contribution in [3.63, 3.8) is 0 Å². The summed E-state index contributed by atoms with van der Waals surface area (Å²) in [6.07, 6.45) is 3.56. The van der Waals surface area contributed by atoms with Crippen molar-refractivity contribution >= 4 is 23.2 Å². The number of likely N-dealkylation sites (tertiary alicyclic amines) is 1. The Bertz CT molecular complexity index is 987. The summed E-state index contributed by atoms with van der Waals surface area (Å²) in [5.41, 5.74) is 7.72. The van der Waals surface area contributed by atoms with Gasteiger partial charge in [0.15, 0.2) is 0 Å². The van der Waals surface area contributed by atoms with Crippen LogP contribution in [0.2, 0.25) is 0 Å². The molecule has 1 fully saturated rings. The Hall–Kier alpha value is -2.99. The molecule has 0 radical (unpaired) electrons. The zero-order valence-electron chi connectivity index (χ0n) is 16.1. The summed E-state index contributed by atoms with van der Waals surface area (Å²) < 4.78 is 0. The summed E-state index contributed by atoms with van der Waals surface area (Å²) in [6.45, 7) is 0.937. The molecule has 0 unspecified atom stereocenters. The van der Waals surface area contributed by atoms with Crippen LogP contribution in [0.4, 0.5) is 0 Å². The number of hydrogen-bond donors (Lipinski definition) is 1. The topological polar surface area (TPSA) is 76.3 Å². The van der Waals surface area contributed by atoms with Gasteiger partial charge in [-0.2, -0.15) is 0 Å². The third-order valence-electron chi connectivity index (χ3n) is 5.57. The van der Waals surface area contributed by atoms with E-state index in [2.05, 4.69) is 40.7 Å². The van der Waals surface area contributed by atoms with Crippen LogP contribution in [0.3, 0.4) is 0 Å². The van der Waals surface area contributed by atoms with Gasteiger partial charge in [-0.3, -0.25) is 14.6 Å². The third-order valence-corrected chi connectivity index (χ3v) is 6.49. The van der Waals surface area contributed by atoms with Gasteiger partial charge in [0.2, 0.25) is 5.91 Å². The molecule has 148 valence electrons. The highest BCUT2D eigenvalue weighted by Gasteiger charge is 2.42. The zero-order valence-corrected chi connectivity index (χ0v) is 16.9. The number of aromatic nitrogens is 1. The van der Waals surface area contributed by atoms with E-state index < -0.39 is 5.41 Å². The van der Waals surface area contributed by atoms with E-state index in [-0.39, 0.29) is 11.8 Å². The van der Waals surface area contributed by atoms with E-state index in [4.69, 9.17) is 5.73 Å². The van der Waals surface area contributed by atoms with Crippen LogP contribution in [0.25, 0.3) is 10.4 Å². The van der Waals surface area contributed by atoms with Gasteiger partial charge in [-0.25, -0.2) is 0 Å². The van der Waals surface area contributed by atoms with Crippen molar-refractivity contribution in [2.45, 2.75) is 19.3 Å². The molecule has 0 spiro atoms. The van der Waals surface area contributed by atoms with Crippen molar-refractivity contribution in [3.05, 3.63) is 77.4 Å². The predicted molar refractivity (Wildman–Crippen MR) is 114 cm³/mol. The van der Waals surface area contributed by atoms with Crippen LogP contribution in [-0.4, -0.2) is 34.8 Å². The lowest BCUT2D eigenvalue weighted by Crippen LogP contribution is -2.53. The fourth-order valence-corrected chi connectivity index (χ4v) is 4.74. The molecule has 2 N–H and O–H groups in total. The minimum atomic E-state index is -0.757. The SMILES string of the molecule is NC(=O)[C@@]1(Cc2ccc(-c3cccs3)cc2)CCCN(C(=O)c2ccccn2)C1. The van der Waals surface area contributed by atoms with E-state index >= 15 is 0 Å². The highest BCUT2D eigenvalue weighted by Crippen LogP contribution is 2.35. The Kier molecular flexibility index (Phi) is 5.45. The molecule has 5 nitrogen and oxygen atoms in total. The zero-order chi connectivity index (χ0) is 20.3. The molecular weight excluding hydrogens is 382 g/mol. The smallest absolute Gasteiger partial charge is 0.272 e. The van der Waals surface area contributed by atoms with Gasteiger partial charge in [0.1, 0.15) is 5.69 Å². The summed E-state index contributed by atoms with van der Waals surface area (Å²) in [5.74, 6) is -0.498. The summed E-state index contributed by atoms with van der Waals surface area (Å²) in [7, 11) is 0. The minimum absolute atomic E-state index is 0.149. The molecule has 1 saturated heterocycles. The standard InChI is InChI=1S/C23H23N3O2S/c24-22(28)23(15-17-7-9-18(10-8-17)20-6-3-14-29-20)11-4-13-26(16-23)21(27)19-5-1-2-12-25-19/h1-3,5-10,12,14H,4,11,13,15-16H2,(H2,24,28)/t23-/m1/s1. The Morgan fingerprint density at radius 3 is 2.59 bits per heavy atom. The van der Waals surface area contributed by atoms with E-state index in [1.807, 2.05) is 6.07 Å². The molecular formula is C23H23N3O2S. The number of primary amides is 1. The van der Waals surface area contributed by atoms with Crippen molar-refractivity contribution in [2.75, 3.05) is 13.1 Å². The number of thiophene rings is 1. The van der Waals surface area contributed by atoms with Crippen LogP contribution >= 0.6 is 11.3 Å². The number of carbonyl (C=O) groups excluding carboxylic acids is 2. The molecule has 0 aliphatic carbocycles. The van der Waals surface area contributed by atoms with Crippen LogP contribution in [-0.2, 0) is 11.2 Å². The van der Waals surface area contributed by atoms with Gasteiger partial charge in [0.25, 0.3) is 5.91 Å². The van der Waals surface area contributed by atoms with E-state index in [0.29, 0.717) is 31.6 Å². The van der Waals surface area contributed by atoms with Crippen molar-refractivity contribution in [1.82, 2.24) is 9.88 Å². The number of amides is 2. The Labute approximate surface area is 174 Å². The molecule has 1 aliphatic rings. The molecule has 2 aromatic heterocycles. The van der Waals surface area contributed by atoms with Crippen LogP contribution in [0.15, 0.2) is 66.2 Å². The maximum absolute atomic E-state index is 12.9. The largest absolute Gasteiger partial charge is 0.369 e. The first-order chi connectivity index (χ1) is 14.1. The second kappa shape index (κ2) is 8.17. The number of pyridine rings is 1. The fourth-order valence-electron chi connectivity index (χ4n) is 4.01. The Balaban J connectivity index is 1.54. The minimum Gasteiger partial charge on any atom is -0.369 e. The van der Waals surface area contributed by atoms with Crippen molar-refractivity contribution in [3.8, 4) is 10.4 Å². The van der Waals surface area contributed by atoms with Gasteiger partial charge in [-0.15, -0.1) is 11.3 Å². The van der Waals surface area contributed by atoms with Crippen LogP contribution in [0, 0.1) is 5.41 Å². The van der Waals surface area contributed by atoms with Crippen molar-refractivity contribution in [2.24, 2.45) is 11.1 Å². The molecule has 1 atom stereocenters. The number of nitrogens with zero attached hydrogens (tertiary/aromatic N) is 2. The summed E-state index contributed by atoms with van der Waals surface area (Å²) in [6, 6.07) is 17.7. The van der Waals surface area contributed by atoms with E-state index in [0.717, 1.165) is 17.5 Å². The molecule has 29 heavy (non-hydrogen) atoms. The van der Waals surface area contributed by atoms with Gasteiger partial charge >= 0.3 is 0 Å². The Morgan fingerprint density at radius 1 is 1.10 bits per heavy atom. The highest BCUT2D eigenvalue weighted by atomic mass is 32.1. The quantitative estimate of drug-likeness (QED) is 0.702. The molecule has 3 aromatic rings. The van der Waals surface area contributed by atoms with Gasteiger partial charge in [0, 0.05) is 24.2 Å². The number of nitrogens with two attached hydrogens (primary N) is 1. The maximum Gasteiger partial charge on any atom is 0.272 e. The fraction of sp³-hybridized carbons (Fsp3) is 0.261. The molecule has 6 heteroatoms. The van der Waals surface area contributed by atoms with Gasteiger partial charge in [-0.1, -0.05) is 36.4 Å². The van der Waals surface area contributed by atoms with E-state index in [1.54, 1.807) is 40.6 Å². The number of benzene rings is 1. The molecule has 3 heterocycles. The van der Waals surface area contributed by atoms with Crippen molar-refractivity contribution in [1.29, 1.82) is 0 Å². The summed E-state index contributed by atoms with van der Waals surface area (Å²) >= 11 is 1.70. The van der Waals surface area contributed by atoms with E-state index in [9.17, 15) is 9.59 Å². The second-order valence-electron chi connectivity index (χ2n) is 7.54. The molecule has 1 aromatic carbocycles. The van der Waals surface area contributed by atoms with Gasteiger partial charge in [0.05, 0.1) is 5.41 Å². The first kappa shape index (κ1) is 19.3. The molecule has 2 amide bonds. The number of piperidine rings is 1. The number of carbonyl (C=O) groups is 2. The normalized spacial score (nSPS) is 19.1. The first-order valence-corrected chi connectivity index (χ1v) is 10.6. The van der Waals surface area contributed by atoms with Crippen LogP contribution < -0.4 is 5.73 Å². The van der Waals surface area contributed by atoms with Crippen LogP contribution in [0.1, 0.15) is 28.9 Å². The molecule has 1 aliphatic heterocycles. The third kappa shape index (κ3) is 4.07. The van der Waals surface area contributed by atoms with Crippen LogP contribution in [0.5, 0.6) is 0 Å². The predicted octanol–water partition coefficient (Wildman–Crippen LogP) is 3.76. The maximum atomic E-state index is 12.9. The van der Waals surface area contributed by atoms with E-state index in [1.165, 1.54) is 4.88 Å². The average molecular weight is 406 g/mol. The Morgan fingerprint density at radius 2 is 1.93 bits per heavy atom. The van der Waals surface area contributed by atoms with Crippen molar-refractivity contribution < 1.29 is 9.59 Å². The second-order valence-corrected chi connectivity index (χ2v) is 8.49.